The number of morpholine rings is 1. The van der Waals surface area contributed by atoms with Crippen molar-refractivity contribution in [3.8, 4) is 0 Å². The number of hydrogen-bond donors (Lipinski definition) is 2. The molecule has 5 heteroatoms. The minimum Gasteiger partial charge on any atom is -0.388 e. The molecule has 0 saturated carbocycles. The number of nitrogens with one attached hydrogen (secondary N) is 1. The van der Waals surface area contributed by atoms with Crippen LogP contribution < -0.4 is 5.73 Å². The zero-order chi connectivity index (χ0) is 13.5. The Morgan fingerprint density at radius 2 is 2.28 bits per heavy atom. The highest BCUT2D eigenvalue weighted by molar-refractivity contribution is 5.76. The summed E-state index contributed by atoms with van der Waals surface area (Å²) in [6.45, 7) is 12.3. The van der Waals surface area contributed by atoms with E-state index < -0.39 is 0 Å². The third-order valence-electron chi connectivity index (χ3n) is 3.51. The van der Waals surface area contributed by atoms with Crippen molar-refractivity contribution in [1.82, 2.24) is 9.80 Å². The fourth-order valence-electron chi connectivity index (χ4n) is 2.26. The van der Waals surface area contributed by atoms with E-state index in [4.69, 9.17) is 15.9 Å². The van der Waals surface area contributed by atoms with E-state index in [2.05, 4.69) is 30.6 Å². The van der Waals surface area contributed by atoms with Crippen molar-refractivity contribution >= 4 is 5.84 Å². The molecule has 1 fully saturated rings. The molecule has 0 radical (unpaired) electrons. The van der Waals surface area contributed by atoms with Crippen LogP contribution in [0, 0.1) is 5.41 Å². The highest BCUT2D eigenvalue weighted by Gasteiger charge is 2.22. The highest BCUT2D eigenvalue weighted by atomic mass is 16.5. The van der Waals surface area contributed by atoms with Gasteiger partial charge in [-0.25, -0.2) is 0 Å². The molecular formula is C13H28N4O. The molecule has 0 amide bonds. The van der Waals surface area contributed by atoms with Crippen molar-refractivity contribution in [3.63, 3.8) is 0 Å². The van der Waals surface area contributed by atoms with Crippen molar-refractivity contribution in [1.29, 1.82) is 5.41 Å². The van der Waals surface area contributed by atoms with Gasteiger partial charge >= 0.3 is 0 Å². The normalized spacial score (nSPS) is 21.7. The second kappa shape index (κ2) is 7.71. The Bertz CT molecular complexity index is 257. The van der Waals surface area contributed by atoms with Crippen LogP contribution in [0.15, 0.2) is 0 Å². The summed E-state index contributed by atoms with van der Waals surface area (Å²) >= 11 is 0. The van der Waals surface area contributed by atoms with Crippen molar-refractivity contribution < 1.29 is 4.74 Å². The van der Waals surface area contributed by atoms with Gasteiger partial charge in [-0.05, 0) is 20.4 Å². The van der Waals surface area contributed by atoms with Gasteiger partial charge < -0.3 is 10.5 Å². The maximum Gasteiger partial charge on any atom is 0.0918 e. The number of ether oxygens (including phenoxy) is 1. The summed E-state index contributed by atoms with van der Waals surface area (Å²) in [7, 11) is 0. The number of amidine groups is 1. The fraction of sp³-hybridized carbons (Fsp3) is 0.923. The van der Waals surface area contributed by atoms with E-state index in [1.54, 1.807) is 0 Å². The second-order valence-electron chi connectivity index (χ2n) is 5.25. The summed E-state index contributed by atoms with van der Waals surface area (Å²) in [5, 5.41) is 7.32. The van der Waals surface area contributed by atoms with E-state index in [9.17, 15) is 0 Å². The molecule has 1 saturated heterocycles. The van der Waals surface area contributed by atoms with Gasteiger partial charge in [0.1, 0.15) is 0 Å². The monoisotopic (exact) mass is 256 g/mol. The fourth-order valence-corrected chi connectivity index (χ4v) is 2.26. The molecule has 1 rings (SSSR count). The van der Waals surface area contributed by atoms with Crippen molar-refractivity contribution in [2.75, 3.05) is 39.3 Å². The van der Waals surface area contributed by atoms with Crippen LogP contribution in [0.25, 0.3) is 0 Å². The molecule has 0 aromatic heterocycles. The summed E-state index contributed by atoms with van der Waals surface area (Å²) in [4.78, 5) is 4.78. The number of rotatable bonds is 7. The highest BCUT2D eigenvalue weighted by Crippen LogP contribution is 2.09. The molecule has 3 N–H and O–H groups in total. The van der Waals surface area contributed by atoms with E-state index >= 15 is 0 Å². The predicted molar refractivity (Wildman–Crippen MR) is 75.1 cm³/mol. The zero-order valence-electron chi connectivity index (χ0n) is 12.0. The van der Waals surface area contributed by atoms with Crippen LogP contribution in [-0.2, 0) is 4.74 Å². The maximum atomic E-state index is 7.32. The smallest absolute Gasteiger partial charge is 0.0918 e. The van der Waals surface area contributed by atoms with E-state index in [-0.39, 0.29) is 11.9 Å². The third kappa shape index (κ3) is 5.33. The van der Waals surface area contributed by atoms with Crippen LogP contribution >= 0.6 is 0 Å². The van der Waals surface area contributed by atoms with Crippen LogP contribution in [0.4, 0.5) is 0 Å². The first kappa shape index (κ1) is 15.4. The van der Waals surface area contributed by atoms with Crippen molar-refractivity contribution in [2.45, 2.75) is 39.3 Å². The van der Waals surface area contributed by atoms with E-state index in [0.29, 0.717) is 12.5 Å². The molecule has 1 aliphatic heterocycles. The Hall–Kier alpha value is -0.650. The Balaban J connectivity index is 2.41. The first-order chi connectivity index (χ1) is 8.52. The number of likely N-dealkylation sites (N-methyl/N-ethyl adjacent to an activating group) is 1. The molecule has 5 nitrogen and oxygen atoms in total. The van der Waals surface area contributed by atoms with Gasteiger partial charge in [-0.15, -0.1) is 0 Å². The molecule has 1 heterocycles. The quantitative estimate of drug-likeness (QED) is 0.521. The van der Waals surface area contributed by atoms with Crippen LogP contribution in [0.2, 0.25) is 0 Å². The molecule has 0 aromatic rings. The lowest BCUT2D eigenvalue weighted by atomic mass is 10.2. The lowest BCUT2D eigenvalue weighted by Gasteiger charge is -2.36. The van der Waals surface area contributed by atoms with Crippen molar-refractivity contribution in [2.24, 2.45) is 5.73 Å². The van der Waals surface area contributed by atoms with Crippen LogP contribution in [0.5, 0.6) is 0 Å². The Labute approximate surface area is 111 Å². The van der Waals surface area contributed by atoms with E-state index in [1.165, 1.54) is 0 Å². The first-order valence-corrected chi connectivity index (χ1v) is 6.93. The molecule has 0 aliphatic carbocycles. The molecule has 0 spiro atoms. The molecule has 18 heavy (non-hydrogen) atoms. The van der Waals surface area contributed by atoms with Gasteiger partial charge in [0.25, 0.3) is 0 Å². The topological polar surface area (TPSA) is 65.6 Å². The van der Waals surface area contributed by atoms with Crippen LogP contribution in [-0.4, -0.2) is 67.1 Å². The summed E-state index contributed by atoms with van der Waals surface area (Å²) in [6.07, 6.45) is 0.927. The van der Waals surface area contributed by atoms with Gasteiger partial charge in [-0.3, -0.25) is 15.2 Å². The summed E-state index contributed by atoms with van der Waals surface area (Å²) in [5.41, 5.74) is 5.43. The minimum atomic E-state index is 0.264. The Morgan fingerprint density at radius 1 is 1.56 bits per heavy atom. The number of nitrogens with two attached hydrogens (primary N) is 1. The van der Waals surface area contributed by atoms with Crippen molar-refractivity contribution in [3.05, 3.63) is 0 Å². The standard InChI is InChI=1S/C13H28N4O/c1-4-16-7-8-18-12(9-16)10-17(11(2)3)6-5-13(14)15/h11-12H,4-10H2,1-3H3,(H3,14,15). The molecule has 1 aliphatic rings. The predicted octanol–water partition coefficient (Wildman–Crippen LogP) is 0.744. The lowest BCUT2D eigenvalue weighted by molar-refractivity contribution is -0.0451. The first-order valence-electron chi connectivity index (χ1n) is 6.93. The Kier molecular flexibility index (Phi) is 6.60. The van der Waals surface area contributed by atoms with Gasteiger partial charge in [0.2, 0.25) is 0 Å². The van der Waals surface area contributed by atoms with E-state index in [0.717, 1.165) is 39.3 Å². The minimum absolute atomic E-state index is 0.264. The number of nitrogens with zero attached hydrogens (tertiary/aromatic N) is 2. The summed E-state index contributed by atoms with van der Waals surface area (Å²) < 4.78 is 5.83. The van der Waals surface area contributed by atoms with Crippen LogP contribution in [0.1, 0.15) is 27.2 Å². The van der Waals surface area contributed by atoms with Crippen LogP contribution in [0.3, 0.4) is 0 Å². The molecule has 0 aromatic carbocycles. The lowest BCUT2D eigenvalue weighted by Crippen LogP contribution is -2.49. The maximum absolute atomic E-state index is 7.32. The van der Waals surface area contributed by atoms with Gasteiger partial charge in [0, 0.05) is 38.6 Å². The molecular weight excluding hydrogens is 228 g/mol. The third-order valence-corrected chi connectivity index (χ3v) is 3.51. The average molecular weight is 256 g/mol. The molecule has 1 unspecified atom stereocenters. The van der Waals surface area contributed by atoms with Gasteiger partial charge in [-0.1, -0.05) is 6.92 Å². The average Bonchev–Trinajstić information content (AvgIpc) is 2.34. The molecule has 1 atom stereocenters. The number of hydrogen-bond acceptors (Lipinski definition) is 4. The van der Waals surface area contributed by atoms with Gasteiger partial charge in [0.05, 0.1) is 18.5 Å². The summed E-state index contributed by atoms with van der Waals surface area (Å²) in [5.74, 6) is 0.264. The largest absolute Gasteiger partial charge is 0.388 e. The van der Waals surface area contributed by atoms with Gasteiger partial charge in [0.15, 0.2) is 0 Å². The Morgan fingerprint density at radius 3 is 2.83 bits per heavy atom. The SMILES string of the molecule is CCN1CCOC(CN(CCC(=N)N)C(C)C)C1. The molecule has 0 bridgehead atoms. The molecule has 106 valence electrons. The second-order valence-corrected chi connectivity index (χ2v) is 5.25. The van der Waals surface area contributed by atoms with E-state index in [1.807, 2.05) is 0 Å². The summed E-state index contributed by atoms with van der Waals surface area (Å²) in [6, 6.07) is 0.463. The zero-order valence-corrected chi connectivity index (χ0v) is 12.0. The van der Waals surface area contributed by atoms with Gasteiger partial charge in [-0.2, -0.15) is 0 Å².